The molecular formula is C58H51FIrN3O. The van der Waals surface area contributed by atoms with Gasteiger partial charge in [0.1, 0.15) is 11.4 Å². The van der Waals surface area contributed by atoms with Gasteiger partial charge in [0.05, 0.1) is 6.95 Å². The number of rotatable bonds is 13. The third kappa shape index (κ3) is 10.2. The summed E-state index contributed by atoms with van der Waals surface area (Å²) in [5.74, 6) is -1.12. The number of halogens is 1. The fraction of sp³-hybridized carbons (Fsp3) is 0.224. The first-order valence-corrected chi connectivity index (χ1v) is 19.8. The Balaban J connectivity index is 0.00000940. The Morgan fingerprint density at radius 2 is 1.17 bits per heavy atom. The minimum atomic E-state index is -3.54. The molecule has 6 heteroatoms. The largest absolute Gasteiger partial charge is 3.00 e. The zero-order chi connectivity index (χ0) is 61.9. The van der Waals surface area contributed by atoms with E-state index in [-0.39, 0.29) is 59.3 Å². The fourth-order valence-electron chi connectivity index (χ4n) is 6.79. The molecule has 0 aliphatic carbocycles. The third-order valence-electron chi connectivity index (χ3n) is 9.74. The van der Waals surface area contributed by atoms with Crippen molar-refractivity contribution in [3.63, 3.8) is 0 Å². The van der Waals surface area contributed by atoms with E-state index in [1.807, 2.05) is 0 Å². The normalized spacial score (nSPS) is 18.4. The molecule has 0 amide bonds. The number of hydrogen-bond acceptors (Lipinski definition) is 4. The average Bonchev–Trinajstić information content (AvgIpc) is 2.97. The minimum absolute atomic E-state index is 0. The van der Waals surface area contributed by atoms with E-state index in [1.165, 1.54) is 30.3 Å². The van der Waals surface area contributed by atoms with Gasteiger partial charge in [-0.15, -0.1) is 90.0 Å². The molecule has 4 aromatic heterocycles. The van der Waals surface area contributed by atoms with Gasteiger partial charge in [-0.3, -0.25) is 0 Å². The smallest absolute Gasteiger partial charge is 0.500 e. The molecule has 0 saturated heterocycles. The standard InChI is InChI=1S/C58H51FN3O.Ir/c1-38-29-54(44-13-8-6-9-14-44)61-36-46(38)24-21-42-31-41(32-43(33-42)22-25-47-37-62-55(30-39(47)2)45-15-10-7-11-16-45)20-19-40-23-28-53(60-35-40)50-18-12-17-48-49-26-27-52(59)51(34-58(3,4)5)57(49)63-56(48)50;/h6-13,15,17,23,26-33,35-37H,19-22,24-25,34H2,1-5H3;/q-3;+3/i1D3,2D3,19D2,20D2,21D2,22D2,24D2,25D2,27D,34D2;. The Kier molecular flexibility index (Phi) is 7.69. The fourth-order valence-corrected chi connectivity index (χ4v) is 6.79. The van der Waals surface area contributed by atoms with Gasteiger partial charge in [-0.05, 0) is 126 Å². The monoisotopic (exact) mass is 1040 g/mol. The van der Waals surface area contributed by atoms with Crippen molar-refractivity contribution in [2.75, 3.05) is 0 Å². The summed E-state index contributed by atoms with van der Waals surface area (Å²) in [6.07, 6.45) is -20.4. The van der Waals surface area contributed by atoms with Crippen molar-refractivity contribution < 1.29 is 57.7 Å². The van der Waals surface area contributed by atoms with E-state index in [0.717, 1.165) is 48.9 Å². The number of pyridine rings is 3. The van der Waals surface area contributed by atoms with Crippen LogP contribution >= 0.6 is 0 Å². The van der Waals surface area contributed by atoms with E-state index in [9.17, 15) is 16.4 Å². The molecule has 9 rings (SSSR count). The van der Waals surface area contributed by atoms with Gasteiger partial charge in [0.2, 0.25) is 0 Å². The van der Waals surface area contributed by atoms with Crippen LogP contribution in [0.25, 0.3) is 55.7 Å². The van der Waals surface area contributed by atoms with Crippen molar-refractivity contribution in [3.05, 3.63) is 208 Å². The topological polar surface area (TPSA) is 51.8 Å². The summed E-state index contributed by atoms with van der Waals surface area (Å²) in [5, 5.41) is 0.554. The van der Waals surface area contributed by atoms with Crippen LogP contribution in [0.2, 0.25) is 0 Å². The quantitative estimate of drug-likeness (QED) is 0.108. The van der Waals surface area contributed by atoms with Gasteiger partial charge in [0.25, 0.3) is 0 Å². The van der Waals surface area contributed by atoms with E-state index >= 15 is 4.39 Å². The summed E-state index contributed by atoms with van der Waals surface area (Å²) in [6.45, 7) is -1.51. The van der Waals surface area contributed by atoms with Crippen molar-refractivity contribution in [3.8, 4) is 33.8 Å². The Morgan fingerprint density at radius 3 is 1.70 bits per heavy atom. The number of aryl methyl sites for hydroxylation is 8. The van der Waals surface area contributed by atoms with E-state index in [2.05, 4.69) is 33.2 Å². The molecule has 320 valence electrons. The van der Waals surface area contributed by atoms with Crippen molar-refractivity contribution in [2.24, 2.45) is 5.41 Å². The molecule has 4 heterocycles. The van der Waals surface area contributed by atoms with Gasteiger partial charge in [-0.25, -0.2) is 4.39 Å². The summed E-state index contributed by atoms with van der Waals surface area (Å²) < 4.78 is 213. The molecule has 0 unspecified atom stereocenters. The summed E-state index contributed by atoms with van der Waals surface area (Å²) >= 11 is 0. The third-order valence-corrected chi connectivity index (χ3v) is 9.74. The minimum Gasteiger partial charge on any atom is -0.500 e. The average molecular weight is 1040 g/mol. The Hall–Kier alpha value is -6.07. The van der Waals surface area contributed by atoms with Crippen LogP contribution in [0, 0.1) is 43.1 Å². The number of furan rings is 1. The number of aromatic nitrogens is 3. The first-order chi connectivity index (χ1) is 38.7. The molecule has 0 aliphatic rings. The zero-order valence-corrected chi connectivity index (χ0v) is 37.0. The summed E-state index contributed by atoms with van der Waals surface area (Å²) in [4.78, 5) is 13.0. The molecule has 64 heavy (non-hydrogen) atoms. The first-order valence-electron chi connectivity index (χ1n) is 30.3. The molecule has 0 radical (unpaired) electrons. The molecule has 0 saturated carbocycles. The van der Waals surface area contributed by atoms with Crippen LogP contribution in [-0.2, 0) is 64.7 Å². The van der Waals surface area contributed by atoms with E-state index in [4.69, 9.17) is 16.8 Å². The second-order valence-electron chi connectivity index (χ2n) is 15.6. The molecule has 0 N–H and O–H groups in total. The second-order valence-corrected chi connectivity index (χ2v) is 15.6. The Labute approximate surface area is 419 Å². The Morgan fingerprint density at radius 1 is 0.609 bits per heavy atom. The second kappa shape index (κ2) is 19.4. The molecule has 0 atom stereocenters. The molecule has 0 spiro atoms. The predicted octanol–water partition coefficient (Wildman–Crippen LogP) is 13.9. The van der Waals surface area contributed by atoms with Gasteiger partial charge in [-0.1, -0.05) is 85.3 Å². The molecule has 0 bridgehead atoms. The maximum atomic E-state index is 15.8. The van der Waals surface area contributed by atoms with Gasteiger partial charge in [0.15, 0.2) is 0 Å². The van der Waals surface area contributed by atoms with Crippen molar-refractivity contribution in [1.82, 2.24) is 15.0 Å². The van der Waals surface area contributed by atoms with Gasteiger partial charge >= 0.3 is 20.1 Å². The first kappa shape index (κ1) is 25.4. The molecule has 4 nitrogen and oxygen atoms in total. The van der Waals surface area contributed by atoms with Crippen molar-refractivity contribution >= 4 is 21.9 Å². The maximum Gasteiger partial charge on any atom is 3.00 e. The zero-order valence-electron chi connectivity index (χ0n) is 55.6. The number of nitrogens with zero attached hydrogens (tertiary/aromatic N) is 3. The predicted molar refractivity (Wildman–Crippen MR) is 254 cm³/mol. The number of benzene rings is 5. The van der Waals surface area contributed by atoms with Crippen molar-refractivity contribution in [1.29, 1.82) is 0 Å². The van der Waals surface area contributed by atoms with Crippen LogP contribution in [-0.4, -0.2) is 15.0 Å². The van der Waals surface area contributed by atoms with Crippen LogP contribution < -0.4 is 0 Å². The van der Waals surface area contributed by atoms with E-state index in [0.29, 0.717) is 22.6 Å². The van der Waals surface area contributed by atoms with Gasteiger partial charge in [-0.2, -0.15) is 0 Å². The molecule has 0 fully saturated rings. The van der Waals surface area contributed by atoms with E-state index in [1.54, 1.807) is 63.2 Å². The van der Waals surface area contributed by atoms with Crippen LogP contribution in [0.5, 0.6) is 0 Å². The summed E-state index contributed by atoms with van der Waals surface area (Å²) in [5.41, 5.74) is -6.95. The molecule has 0 aliphatic heterocycles. The van der Waals surface area contributed by atoms with Crippen LogP contribution in [0.1, 0.15) is 99.6 Å². The summed E-state index contributed by atoms with van der Waals surface area (Å²) in [6, 6.07) is 31.9. The molecule has 9 aromatic rings. The molecule has 5 aromatic carbocycles. The Bertz CT molecular complexity index is 3850. The summed E-state index contributed by atoms with van der Waals surface area (Å²) in [7, 11) is 0. The van der Waals surface area contributed by atoms with Gasteiger partial charge in [0, 0.05) is 57.0 Å². The van der Waals surface area contributed by atoms with Crippen molar-refractivity contribution in [2.45, 2.75) is 79.1 Å². The van der Waals surface area contributed by atoms with Gasteiger partial charge < -0.3 is 19.4 Å². The SMILES string of the molecule is [2H]c1cc2c(oc3c(-c4ccc(C([2H])([2H])C([2H])([2H])c5cc(C([2H])([2H])C([2H])([2H])c6cnc(-c7[c-]cccc7)cc6C([2H])([2H])[2H])cc(C([2H])([2H])C([2H])([2H])c6cnc(-c7[c-]cccc7)cc6C([2H])([2H])[2H])c5)cn4)[c-]ccc32)c(C([2H])([2H])C(C)(C)C)c1F.[Ir+3]. The van der Waals surface area contributed by atoms with Crippen LogP contribution in [0.4, 0.5) is 4.39 Å². The molecular weight excluding hydrogens is 966 g/mol. The van der Waals surface area contributed by atoms with E-state index < -0.39 is 126 Å². The van der Waals surface area contributed by atoms with Crippen LogP contribution in [0.3, 0.4) is 0 Å². The van der Waals surface area contributed by atoms with Crippen LogP contribution in [0.15, 0.2) is 138 Å². The number of fused-ring (bicyclic) bond motifs is 3. The number of hydrogen-bond donors (Lipinski definition) is 0. The maximum absolute atomic E-state index is 15.8.